The first-order valence-corrected chi connectivity index (χ1v) is 9.76. The molecule has 0 saturated carbocycles. The number of aliphatic imine (C=N–C) groups is 1. The fourth-order valence-corrected chi connectivity index (χ4v) is 4.28. The van der Waals surface area contributed by atoms with Gasteiger partial charge in [-0.15, -0.1) is 0 Å². The molecule has 0 fully saturated rings. The molecule has 2 heterocycles. The molecule has 3 aromatic rings. The quantitative estimate of drug-likeness (QED) is 0.729. The molecule has 1 aliphatic rings. The summed E-state index contributed by atoms with van der Waals surface area (Å²) in [6, 6.07) is 15.3. The maximum atomic E-state index is 12.6. The second kappa shape index (κ2) is 6.74. The molecular weight excluding hydrogens is 358 g/mol. The highest BCUT2D eigenvalue weighted by Gasteiger charge is 2.29. The van der Waals surface area contributed by atoms with Crippen molar-refractivity contribution in [1.29, 1.82) is 0 Å². The Kier molecular flexibility index (Phi) is 4.39. The second-order valence-electron chi connectivity index (χ2n) is 6.84. The average Bonchev–Trinajstić information content (AvgIpc) is 2.97. The SMILES string of the molecule is Cn1c(NC(=O)c2ccc(C3(C)CCSC(N)=N3)cc2)nc2ccccc21. The minimum absolute atomic E-state index is 0.188. The summed E-state index contributed by atoms with van der Waals surface area (Å²) in [5, 5.41) is 3.51. The second-order valence-corrected chi connectivity index (χ2v) is 7.95. The van der Waals surface area contributed by atoms with Crippen molar-refractivity contribution >= 4 is 39.8 Å². The Hall–Kier alpha value is -2.80. The van der Waals surface area contributed by atoms with Crippen LogP contribution in [0, 0.1) is 0 Å². The first kappa shape index (κ1) is 17.6. The molecule has 0 spiro atoms. The van der Waals surface area contributed by atoms with Crippen LogP contribution in [0.15, 0.2) is 53.5 Å². The summed E-state index contributed by atoms with van der Waals surface area (Å²) in [5.41, 5.74) is 9.03. The molecule has 6 nitrogen and oxygen atoms in total. The number of thioether (sulfide) groups is 1. The van der Waals surface area contributed by atoms with Crippen LogP contribution in [0.4, 0.5) is 5.95 Å². The number of nitrogens with one attached hydrogen (secondary N) is 1. The molecular formula is C20H21N5OS. The Morgan fingerprint density at radius 1 is 1.22 bits per heavy atom. The van der Waals surface area contributed by atoms with Gasteiger partial charge in [0.25, 0.3) is 5.91 Å². The Balaban J connectivity index is 1.56. The Bertz CT molecular complexity index is 1040. The van der Waals surface area contributed by atoms with E-state index in [1.165, 1.54) is 0 Å². The summed E-state index contributed by atoms with van der Waals surface area (Å²) in [5.74, 6) is 1.28. The van der Waals surface area contributed by atoms with Crippen molar-refractivity contribution in [3.63, 3.8) is 0 Å². The molecule has 7 heteroatoms. The van der Waals surface area contributed by atoms with Crippen molar-refractivity contribution in [3.05, 3.63) is 59.7 Å². The number of nitrogens with two attached hydrogens (primary N) is 1. The Morgan fingerprint density at radius 2 is 1.96 bits per heavy atom. The third-order valence-corrected chi connectivity index (χ3v) is 5.77. The van der Waals surface area contributed by atoms with E-state index >= 15 is 0 Å². The van der Waals surface area contributed by atoms with E-state index in [2.05, 4.69) is 22.2 Å². The van der Waals surface area contributed by atoms with Gasteiger partial charge in [0.1, 0.15) is 0 Å². The molecule has 138 valence electrons. The largest absolute Gasteiger partial charge is 0.379 e. The molecule has 0 radical (unpaired) electrons. The maximum absolute atomic E-state index is 12.6. The van der Waals surface area contributed by atoms with E-state index in [-0.39, 0.29) is 11.4 Å². The van der Waals surface area contributed by atoms with Crippen molar-refractivity contribution in [2.75, 3.05) is 11.1 Å². The normalized spacial score (nSPS) is 19.7. The summed E-state index contributed by atoms with van der Waals surface area (Å²) in [6.45, 7) is 2.08. The van der Waals surface area contributed by atoms with E-state index in [4.69, 9.17) is 5.73 Å². The van der Waals surface area contributed by atoms with Crippen LogP contribution < -0.4 is 11.1 Å². The number of rotatable bonds is 3. The summed E-state index contributed by atoms with van der Waals surface area (Å²) in [6.07, 6.45) is 0.920. The third kappa shape index (κ3) is 3.30. The van der Waals surface area contributed by atoms with Crippen LogP contribution >= 0.6 is 11.8 Å². The lowest BCUT2D eigenvalue weighted by molar-refractivity contribution is 0.102. The molecule has 1 aliphatic heterocycles. The molecule has 1 amide bonds. The molecule has 0 bridgehead atoms. The number of amidine groups is 1. The van der Waals surface area contributed by atoms with E-state index < -0.39 is 0 Å². The number of imidazole rings is 1. The topological polar surface area (TPSA) is 85.3 Å². The highest BCUT2D eigenvalue weighted by molar-refractivity contribution is 8.13. The highest BCUT2D eigenvalue weighted by atomic mass is 32.2. The lowest BCUT2D eigenvalue weighted by atomic mass is 9.89. The van der Waals surface area contributed by atoms with Crippen molar-refractivity contribution in [2.24, 2.45) is 17.8 Å². The minimum atomic E-state index is -0.332. The zero-order valence-corrected chi connectivity index (χ0v) is 16.1. The van der Waals surface area contributed by atoms with Gasteiger partial charge in [0.2, 0.25) is 5.95 Å². The zero-order chi connectivity index (χ0) is 19.0. The summed E-state index contributed by atoms with van der Waals surface area (Å²) < 4.78 is 1.87. The molecule has 3 N–H and O–H groups in total. The highest BCUT2D eigenvalue weighted by Crippen LogP contribution is 2.35. The number of carbonyl (C=O) groups excluding carboxylic acids is 1. The van der Waals surface area contributed by atoms with Crippen molar-refractivity contribution in [3.8, 4) is 0 Å². The molecule has 0 saturated heterocycles. The van der Waals surface area contributed by atoms with Gasteiger partial charge in [-0.3, -0.25) is 15.1 Å². The van der Waals surface area contributed by atoms with E-state index in [0.29, 0.717) is 16.7 Å². The number of para-hydroxylation sites is 2. The van der Waals surface area contributed by atoms with Crippen LogP contribution in [0.3, 0.4) is 0 Å². The summed E-state index contributed by atoms with van der Waals surface area (Å²) >= 11 is 1.58. The number of carbonyl (C=O) groups is 1. The molecule has 2 aromatic carbocycles. The number of fused-ring (bicyclic) bond motifs is 1. The molecule has 1 aromatic heterocycles. The molecule has 4 rings (SSSR count). The zero-order valence-electron chi connectivity index (χ0n) is 15.3. The van der Waals surface area contributed by atoms with Gasteiger partial charge < -0.3 is 10.3 Å². The Labute approximate surface area is 161 Å². The van der Waals surface area contributed by atoms with Gasteiger partial charge >= 0.3 is 0 Å². The molecule has 1 unspecified atom stereocenters. The number of amides is 1. The lowest BCUT2D eigenvalue weighted by Gasteiger charge is -2.29. The number of aromatic nitrogens is 2. The molecule has 1 atom stereocenters. The number of benzene rings is 2. The van der Waals surface area contributed by atoms with Crippen LogP contribution in [0.2, 0.25) is 0 Å². The smallest absolute Gasteiger partial charge is 0.257 e. The van der Waals surface area contributed by atoms with Gasteiger partial charge in [-0.25, -0.2) is 4.98 Å². The van der Waals surface area contributed by atoms with Crippen LogP contribution in [0.1, 0.15) is 29.3 Å². The maximum Gasteiger partial charge on any atom is 0.257 e. The molecule has 0 aliphatic carbocycles. The fraction of sp³-hybridized carbons (Fsp3) is 0.250. The average molecular weight is 379 g/mol. The van der Waals surface area contributed by atoms with Crippen LogP contribution in [0.25, 0.3) is 11.0 Å². The van der Waals surface area contributed by atoms with Gasteiger partial charge in [-0.1, -0.05) is 36.0 Å². The number of hydrogen-bond acceptors (Lipinski definition) is 5. The van der Waals surface area contributed by atoms with Gasteiger partial charge in [0.15, 0.2) is 5.17 Å². The van der Waals surface area contributed by atoms with E-state index in [9.17, 15) is 4.79 Å². The summed E-state index contributed by atoms with van der Waals surface area (Å²) in [4.78, 5) is 21.7. The fourth-order valence-electron chi connectivity index (χ4n) is 3.31. The van der Waals surface area contributed by atoms with E-state index in [0.717, 1.165) is 28.8 Å². The predicted octanol–water partition coefficient (Wildman–Crippen LogP) is 3.49. The number of nitrogens with zero attached hydrogens (tertiary/aromatic N) is 3. The van der Waals surface area contributed by atoms with Gasteiger partial charge in [0, 0.05) is 18.4 Å². The monoisotopic (exact) mass is 379 g/mol. The standard InChI is InChI=1S/C20H21N5OS/c1-20(11-12-27-18(21)24-20)14-9-7-13(8-10-14)17(26)23-19-22-15-5-3-4-6-16(15)25(19)2/h3-10H,11-12H2,1-2H3,(H2,21,24)(H,22,23,26). The number of aryl methyl sites for hydroxylation is 1. The molecule has 27 heavy (non-hydrogen) atoms. The van der Waals surface area contributed by atoms with Crippen LogP contribution in [-0.2, 0) is 12.6 Å². The first-order valence-electron chi connectivity index (χ1n) is 8.78. The van der Waals surface area contributed by atoms with Gasteiger partial charge in [-0.05, 0) is 43.2 Å². The summed E-state index contributed by atoms with van der Waals surface area (Å²) in [7, 11) is 1.89. The number of hydrogen-bond donors (Lipinski definition) is 2. The minimum Gasteiger partial charge on any atom is -0.379 e. The lowest BCUT2D eigenvalue weighted by Crippen LogP contribution is -2.28. The van der Waals surface area contributed by atoms with Gasteiger partial charge in [0.05, 0.1) is 16.6 Å². The van der Waals surface area contributed by atoms with Crippen LogP contribution in [0.5, 0.6) is 0 Å². The van der Waals surface area contributed by atoms with Crippen LogP contribution in [-0.4, -0.2) is 26.4 Å². The van der Waals surface area contributed by atoms with E-state index in [1.54, 1.807) is 11.8 Å². The predicted molar refractivity (Wildman–Crippen MR) is 111 cm³/mol. The Morgan fingerprint density at radius 3 is 2.67 bits per heavy atom. The third-order valence-electron chi connectivity index (χ3n) is 4.98. The van der Waals surface area contributed by atoms with Gasteiger partial charge in [-0.2, -0.15) is 0 Å². The number of anilines is 1. The first-order chi connectivity index (χ1) is 13.0. The van der Waals surface area contributed by atoms with E-state index in [1.807, 2.05) is 60.1 Å². The van der Waals surface area contributed by atoms with Crippen molar-refractivity contribution in [2.45, 2.75) is 18.9 Å². The van der Waals surface area contributed by atoms with Crippen molar-refractivity contribution in [1.82, 2.24) is 9.55 Å². The van der Waals surface area contributed by atoms with Crippen molar-refractivity contribution < 1.29 is 4.79 Å².